The zero-order chi connectivity index (χ0) is 26.3. The van der Waals surface area contributed by atoms with E-state index in [1.54, 1.807) is 10.9 Å². The second-order valence-corrected chi connectivity index (χ2v) is 8.73. The number of nitrogens with one attached hydrogen (secondary N) is 2. The summed E-state index contributed by atoms with van der Waals surface area (Å²) in [5.74, 6) is 1.34. The smallest absolute Gasteiger partial charge is 0.338 e. The number of hydrogen-bond donors (Lipinski definition) is 2. The fraction of sp³-hybridized carbons (Fsp3) is 0.111. The molecule has 3 aromatic heterocycles. The minimum Gasteiger partial charge on any atom is -0.338 e. The number of para-hydroxylation sites is 3. The van der Waals surface area contributed by atoms with Crippen molar-refractivity contribution in [1.29, 1.82) is 0 Å². The van der Waals surface area contributed by atoms with Crippen molar-refractivity contribution in [3.8, 4) is 0 Å². The predicted molar refractivity (Wildman–Crippen MR) is 140 cm³/mol. The molecule has 2 N–H and O–H groups in total. The zero-order valence-electron chi connectivity index (χ0n) is 20.1. The highest BCUT2D eigenvalue weighted by atomic mass is 19.4. The van der Waals surface area contributed by atoms with Crippen molar-refractivity contribution in [3.05, 3.63) is 96.3 Å². The van der Waals surface area contributed by atoms with Gasteiger partial charge in [-0.3, -0.25) is 5.32 Å². The zero-order valence-corrected chi connectivity index (χ0v) is 20.1. The topological polar surface area (TPSA) is 85.5 Å². The van der Waals surface area contributed by atoms with Gasteiger partial charge in [-0.15, -0.1) is 0 Å². The van der Waals surface area contributed by atoms with Crippen LogP contribution >= 0.6 is 0 Å². The number of benzene rings is 3. The molecule has 0 unspecified atom stereocenters. The van der Waals surface area contributed by atoms with Gasteiger partial charge in [0.05, 0.1) is 29.5 Å². The lowest BCUT2D eigenvalue weighted by Gasteiger charge is -2.11. The fourth-order valence-corrected chi connectivity index (χ4v) is 4.21. The summed E-state index contributed by atoms with van der Waals surface area (Å²) in [4.78, 5) is 18.5. The molecule has 0 fully saturated rings. The molecule has 0 aliphatic heterocycles. The summed E-state index contributed by atoms with van der Waals surface area (Å²) in [5.41, 5.74) is 3.62. The Bertz CT molecular complexity index is 1740. The van der Waals surface area contributed by atoms with Gasteiger partial charge < -0.3 is 14.5 Å². The molecule has 0 amide bonds. The maximum atomic E-state index is 13.0. The standard InChI is InChI=1S/C27H21F3N8/c1-37-21-10-6-5-9-20(21)33-26(37)36-25-34-23(32-19-7-3-2-4-8-19)22-24(35-25)38(16-31-22)15-17-11-13-18(14-12-17)27(28,29)30/h2-14,16H,15H2,1H3,(H2,32,33,34,35,36). The number of nitrogens with zero attached hydrogens (tertiary/aromatic N) is 6. The molecule has 11 heteroatoms. The average molecular weight is 515 g/mol. The van der Waals surface area contributed by atoms with E-state index in [2.05, 4.69) is 25.6 Å². The fourth-order valence-electron chi connectivity index (χ4n) is 4.21. The normalized spacial score (nSPS) is 11.8. The molecule has 0 radical (unpaired) electrons. The number of alkyl halides is 3. The molecule has 0 spiro atoms. The van der Waals surface area contributed by atoms with Crippen molar-refractivity contribution in [3.63, 3.8) is 0 Å². The van der Waals surface area contributed by atoms with E-state index < -0.39 is 11.7 Å². The van der Waals surface area contributed by atoms with Crippen LogP contribution in [0.15, 0.2) is 85.2 Å². The van der Waals surface area contributed by atoms with Gasteiger partial charge in [0.25, 0.3) is 0 Å². The first-order valence-corrected chi connectivity index (χ1v) is 11.7. The van der Waals surface area contributed by atoms with Crippen LogP contribution in [-0.4, -0.2) is 29.1 Å². The van der Waals surface area contributed by atoms with E-state index in [-0.39, 0.29) is 6.54 Å². The first-order chi connectivity index (χ1) is 18.3. The van der Waals surface area contributed by atoms with Crippen LogP contribution in [-0.2, 0) is 19.8 Å². The second-order valence-electron chi connectivity index (χ2n) is 8.73. The summed E-state index contributed by atoms with van der Waals surface area (Å²) in [7, 11) is 1.90. The Labute approximate surface area is 214 Å². The van der Waals surface area contributed by atoms with Crippen LogP contribution in [0.2, 0.25) is 0 Å². The van der Waals surface area contributed by atoms with Gasteiger partial charge in [-0.05, 0) is 42.0 Å². The van der Waals surface area contributed by atoms with E-state index in [0.29, 0.717) is 34.4 Å². The summed E-state index contributed by atoms with van der Waals surface area (Å²) >= 11 is 0. The lowest BCUT2D eigenvalue weighted by atomic mass is 10.1. The Kier molecular flexibility index (Phi) is 5.67. The van der Waals surface area contributed by atoms with Crippen LogP contribution in [0.5, 0.6) is 0 Å². The van der Waals surface area contributed by atoms with Crippen molar-refractivity contribution < 1.29 is 13.2 Å². The average Bonchev–Trinajstić information content (AvgIpc) is 3.45. The molecule has 3 heterocycles. The van der Waals surface area contributed by atoms with Gasteiger partial charge in [-0.1, -0.05) is 42.5 Å². The van der Waals surface area contributed by atoms with Crippen molar-refractivity contribution in [2.45, 2.75) is 12.7 Å². The number of anilines is 4. The number of aryl methyl sites for hydroxylation is 1. The van der Waals surface area contributed by atoms with Crippen LogP contribution in [0.3, 0.4) is 0 Å². The van der Waals surface area contributed by atoms with Gasteiger partial charge >= 0.3 is 6.18 Å². The van der Waals surface area contributed by atoms with Crippen LogP contribution in [0, 0.1) is 0 Å². The maximum Gasteiger partial charge on any atom is 0.416 e. The monoisotopic (exact) mass is 514 g/mol. The highest BCUT2D eigenvalue weighted by Crippen LogP contribution is 2.30. The first-order valence-electron chi connectivity index (χ1n) is 11.7. The number of halogens is 3. The molecular formula is C27H21F3N8. The van der Waals surface area contributed by atoms with Crippen LogP contribution in [0.4, 0.5) is 36.6 Å². The second kappa shape index (κ2) is 9.18. The Hall–Kier alpha value is -4.93. The summed E-state index contributed by atoms with van der Waals surface area (Å²) in [6, 6.07) is 22.4. The number of aromatic nitrogens is 6. The number of fused-ring (bicyclic) bond motifs is 2. The molecule has 0 bridgehead atoms. The lowest BCUT2D eigenvalue weighted by molar-refractivity contribution is -0.137. The van der Waals surface area contributed by atoms with Gasteiger partial charge in [0.15, 0.2) is 17.0 Å². The minimum absolute atomic E-state index is 0.280. The van der Waals surface area contributed by atoms with Crippen molar-refractivity contribution in [1.82, 2.24) is 29.1 Å². The molecule has 8 nitrogen and oxygen atoms in total. The Balaban J connectivity index is 1.40. The van der Waals surface area contributed by atoms with Gasteiger partial charge in [0.1, 0.15) is 0 Å². The predicted octanol–water partition coefficient (Wildman–Crippen LogP) is 6.27. The van der Waals surface area contributed by atoms with Gasteiger partial charge in [-0.25, -0.2) is 9.97 Å². The van der Waals surface area contributed by atoms with Crippen LogP contribution in [0.1, 0.15) is 11.1 Å². The molecule has 6 rings (SSSR count). The lowest BCUT2D eigenvalue weighted by Crippen LogP contribution is -2.08. The number of imidazole rings is 2. The largest absolute Gasteiger partial charge is 0.416 e. The van der Waals surface area contributed by atoms with Gasteiger partial charge in [0, 0.05) is 12.7 Å². The van der Waals surface area contributed by atoms with Crippen molar-refractivity contribution >= 4 is 45.6 Å². The third kappa shape index (κ3) is 4.49. The molecule has 0 atom stereocenters. The summed E-state index contributed by atoms with van der Waals surface area (Å²) in [6.07, 6.45) is -2.78. The maximum absolute atomic E-state index is 13.0. The van der Waals surface area contributed by atoms with E-state index in [1.165, 1.54) is 12.1 Å². The first kappa shape index (κ1) is 23.5. The number of rotatable bonds is 6. The Morgan fingerprint density at radius 2 is 1.55 bits per heavy atom. The number of hydrogen-bond acceptors (Lipinski definition) is 6. The van der Waals surface area contributed by atoms with E-state index in [9.17, 15) is 13.2 Å². The quantitative estimate of drug-likeness (QED) is 0.273. The molecule has 0 saturated heterocycles. The Morgan fingerprint density at radius 3 is 2.29 bits per heavy atom. The molecule has 0 aliphatic rings. The van der Waals surface area contributed by atoms with Gasteiger partial charge in [-0.2, -0.15) is 23.1 Å². The Morgan fingerprint density at radius 1 is 0.816 bits per heavy atom. The van der Waals surface area contributed by atoms with Crippen molar-refractivity contribution in [2.24, 2.45) is 7.05 Å². The highest BCUT2D eigenvalue weighted by Gasteiger charge is 2.30. The third-order valence-corrected chi connectivity index (χ3v) is 6.15. The summed E-state index contributed by atoms with van der Waals surface area (Å²) in [6.45, 7) is 0.280. The van der Waals surface area contributed by atoms with E-state index in [0.717, 1.165) is 28.9 Å². The highest BCUT2D eigenvalue weighted by molar-refractivity contribution is 5.87. The van der Waals surface area contributed by atoms with Gasteiger partial charge in [0.2, 0.25) is 11.9 Å². The van der Waals surface area contributed by atoms with Crippen LogP contribution in [0.25, 0.3) is 22.2 Å². The third-order valence-electron chi connectivity index (χ3n) is 6.15. The molecule has 0 aliphatic carbocycles. The van der Waals surface area contributed by atoms with Crippen LogP contribution < -0.4 is 10.6 Å². The molecule has 38 heavy (non-hydrogen) atoms. The summed E-state index contributed by atoms with van der Waals surface area (Å²) < 4.78 is 42.7. The molecular weight excluding hydrogens is 493 g/mol. The van der Waals surface area contributed by atoms with E-state index >= 15 is 0 Å². The van der Waals surface area contributed by atoms with Crippen molar-refractivity contribution in [2.75, 3.05) is 10.6 Å². The van der Waals surface area contributed by atoms with E-state index in [4.69, 9.17) is 4.98 Å². The molecule has 3 aromatic carbocycles. The SMILES string of the molecule is Cn1c(Nc2nc(Nc3ccccc3)c3ncn(Cc4ccc(C(F)(F)F)cc4)c3n2)nc2ccccc21. The minimum atomic E-state index is -4.39. The summed E-state index contributed by atoms with van der Waals surface area (Å²) in [5, 5.41) is 6.50. The molecule has 190 valence electrons. The van der Waals surface area contributed by atoms with E-state index in [1.807, 2.05) is 66.2 Å². The molecule has 6 aromatic rings. The molecule has 0 saturated carbocycles.